The molecule has 0 saturated heterocycles. The van der Waals surface area contributed by atoms with Gasteiger partial charge in [-0.2, -0.15) is 0 Å². The lowest BCUT2D eigenvalue weighted by Crippen LogP contribution is -2.28. The molecule has 0 aliphatic rings. The Morgan fingerprint density at radius 2 is 2.00 bits per heavy atom. The molecule has 1 aromatic carbocycles. The first-order valence-electron chi connectivity index (χ1n) is 3.86. The Balaban J connectivity index is 0.00000196. The molecule has 7 heteroatoms. The number of halogens is 1. The summed E-state index contributed by atoms with van der Waals surface area (Å²) >= 11 is 4.62. The Labute approximate surface area is 103 Å². The van der Waals surface area contributed by atoms with Gasteiger partial charge in [-0.05, 0) is 17.8 Å². The fourth-order valence-electron chi connectivity index (χ4n) is 0.925. The van der Waals surface area contributed by atoms with Gasteiger partial charge in [-0.1, -0.05) is 12.1 Å². The molecule has 0 atom stereocenters. The highest BCUT2D eigenvalue weighted by Gasteiger charge is 2.03. The highest BCUT2D eigenvalue weighted by Crippen LogP contribution is 2.11. The molecule has 3 N–H and O–H groups in total. The maximum atomic E-state index is 10.3. The summed E-state index contributed by atoms with van der Waals surface area (Å²) in [5.74, 6) is 0. The number of rotatable bonds is 3. The van der Waals surface area contributed by atoms with Gasteiger partial charge in [-0.15, -0.1) is 17.0 Å². The zero-order valence-corrected chi connectivity index (χ0v) is 10.2. The number of nitrogens with zero attached hydrogens (tertiary/aromatic N) is 1. The van der Waals surface area contributed by atoms with E-state index < -0.39 is 4.92 Å². The average Bonchev–Trinajstić information content (AvgIpc) is 2.15. The molecule has 0 saturated carbocycles. The van der Waals surface area contributed by atoms with Crippen molar-refractivity contribution < 1.29 is 4.92 Å². The lowest BCUT2D eigenvalue weighted by Gasteiger charge is -2.02. The first-order valence-corrected chi connectivity index (χ1v) is 4.27. The van der Waals surface area contributed by atoms with Crippen LogP contribution in [0.3, 0.4) is 0 Å². The van der Waals surface area contributed by atoms with Crippen molar-refractivity contribution in [3.63, 3.8) is 0 Å². The fourth-order valence-corrected chi connectivity index (χ4v) is 0.997. The SMILES string of the molecule is Br.NC(=S)NCc1ccc([N+](=O)[O-])cc1. The van der Waals surface area contributed by atoms with E-state index in [-0.39, 0.29) is 27.8 Å². The molecule has 5 nitrogen and oxygen atoms in total. The van der Waals surface area contributed by atoms with E-state index >= 15 is 0 Å². The maximum absolute atomic E-state index is 10.3. The molecule has 0 heterocycles. The van der Waals surface area contributed by atoms with Crippen molar-refractivity contribution in [1.29, 1.82) is 0 Å². The first-order chi connectivity index (χ1) is 6.59. The third kappa shape index (κ3) is 4.71. The molecule has 1 rings (SSSR count). The minimum Gasteiger partial charge on any atom is -0.376 e. The van der Waals surface area contributed by atoms with Gasteiger partial charge in [-0.3, -0.25) is 10.1 Å². The van der Waals surface area contributed by atoms with Crippen LogP contribution in [0.15, 0.2) is 24.3 Å². The summed E-state index contributed by atoms with van der Waals surface area (Å²) < 4.78 is 0. The van der Waals surface area contributed by atoms with E-state index in [1.54, 1.807) is 12.1 Å². The lowest BCUT2D eigenvalue weighted by atomic mass is 10.2. The van der Waals surface area contributed by atoms with Crippen LogP contribution < -0.4 is 11.1 Å². The lowest BCUT2D eigenvalue weighted by molar-refractivity contribution is -0.384. The van der Waals surface area contributed by atoms with Crippen molar-refractivity contribution in [2.75, 3.05) is 0 Å². The van der Waals surface area contributed by atoms with Crippen molar-refractivity contribution in [3.05, 3.63) is 39.9 Å². The van der Waals surface area contributed by atoms with E-state index in [4.69, 9.17) is 5.73 Å². The van der Waals surface area contributed by atoms with E-state index in [0.717, 1.165) is 5.56 Å². The van der Waals surface area contributed by atoms with Crippen molar-refractivity contribution in [1.82, 2.24) is 5.32 Å². The minimum absolute atomic E-state index is 0. The number of nitro benzene ring substituents is 1. The first kappa shape index (κ1) is 13.8. The number of thiocarbonyl (C=S) groups is 1. The molecule has 0 aromatic heterocycles. The van der Waals surface area contributed by atoms with Crippen molar-refractivity contribution >= 4 is 40.0 Å². The summed E-state index contributed by atoms with van der Waals surface area (Å²) in [6.07, 6.45) is 0. The fraction of sp³-hybridized carbons (Fsp3) is 0.125. The number of benzene rings is 1. The second kappa shape index (κ2) is 6.31. The van der Waals surface area contributed by atoms with Crippen LogP contribution >= 0.6 is 29.2 Å². The van der Waals surface area contributed by atoms with Gasteiger partial charge in [0.25, 0.3) is 5.69 Å². The van der Waals surface area contributed by atoms with E-state index in [1.165, 1.54) is 12.1 Å². The smallest absolute Gasteiger partial charge is 0.269 e. The molecule has 0 bridgehead atoms. The van der Waals surface area contributed by atoms with Gasteiger partial charge >= 0.3 is 0 Å². The number of non-ortho nitro benzene ring substituents is 1. The molecule has 0 radical (unpaired) electrons. The molecule has 0 amide bonds. The van der Waals surface area contributed by atoms with Crippen LogP contribution in [-0.4, -0.2) is 10.0 Å². The van der Waals surface area contributed by atoms with Crippen LogP contribution in [0.1, 0.15) is 5.56 Å². The number of nitro groups is 1. The number of nitrogens with one attached hydrogen (secondary N) is 1. The van der Waals surface area contributed by atoms with Gasteiger partial charge in [0.15, 0.2) is 5.11 Å². The van der Waals surface area contributed by atoms with Crippen LogP contribution in [0, 0.1) is 10.1 Å². The molecular formula is C8H10BrN3O2S. The summed E-state index contributed by atoms with van der Waals surface area (Å²) in [6.45, 7) is 0.479. The van der Waals surface area contributed by atoms with Gasteiger partial charge in [0, 0.05) is 18.7 Å². The van der Waals surface area contributed by atoms with Gasteiger partial charge in [-0.25, -0.2) is 0 Å². The van der Waals surface area contributed by atoms with Crippen LogP contribution in [0.2, 0.25) is 0 Å². The topological polar surface area (TPSA) is 81.2 Å². The van der Waals surface area contributed by atoms with Gasteiger partial charge in [0.1, 0.15) is 0 Å². The summed E-state index contributed by atoms with van der Waals surface area (Å²) in [5.41, 5.74) is 6.20. The molecular weight excluding hydrogens is 282 g/mol. The summed E-state index contributed by atoms with van der Waals surface area (Å²) in [6, 6.07) is 6.19. The molecule has 0 aliphatic carbocycles. The zero-order chi connectivity index (χ0) is 10.6. The van der Waals surface area contributed by atoms with Crippen LogP contribution in [-0.2, 0) is 6.54 Å². The highest BCUT2D eigenvalue weighted by atomic mass is 79.9. The second-order valence-corrected chi connectivity index (χ2v) is 3.08. The number of hydrogen-bond donors (Lipinski definition) is 2. The Hall–Kier alpha value is -1.21. The van der Waals surface area contributed by atoms with Gasteiger partial charge in [0.05, 0.1) is 4.92 Å². The van der Waals surface area contributed by atoms with Crippen LogP contribution in [0.25, 0.3) is 0 Å². The zero-order valence-electron chi connectivity index (χ0n) is 7.67. The van der Waals surface area contributed by atoms with E-state index in [9.17, 15) is 10.1 Å². The predicted octanol–water partition coefficient (Wildman–Crippen LogP) is 1.51. The van der Waals surface area contributed by atoms with Crippen molar-refractivity contribution in [3.8, 4) is 0 Å². The van der Waals surface area contributed by atoms with E-state index in [0.29, 0.717) is 6.54 Å². The molecule has 0 fully saturated rings. The maximum Gasteiger partial charge on any atom is 0.269 e. The number of hydrogen-bond acceptors (Lipinski definition) is 3. The summed E-state index contributed by atoms with van der Waals surface area (Å²) in [7, 11) is 0. The standard InChI is InChI=1S/C8H9N3O2S.BrH/c9-8(14)10-5-6-1-3-7(4-2-6)11(12)13;/h1-4H,5H2,(H3,9,10,14);1H. The van der Waals surface area contributed by atoms with Gasteiger partial charge < -0.3 is 11.1 Å². The van der Waals surface area contributed by atoms with E-state index in [1.807, 2.05) is 0 Å². The molecule has 82 valence electrons. The normalized spacial score (nSPS) is 8.80. The quantitative estimate of drug-likeness (QED) is 0.501. The average molecular weight is 292 g/mol. The summed E-state index contributed by atoms with van der Waals surface area (Å²) in [5, 5.41) is 13.3. The van der Waals surface area contributed by atoms with Crippen molar-refractivity contribution in [2.45, 2.75) is 6.54 Å². The minimum atomic E-state index is -0.440. The predicted molar refractivity (Wildman–Crippen MR) is 67.0 cm³/mol. The summed E-state index contributed by atoms with van der Waals surface area (Å²) in [4.78, 5) is 9.89. The monoisotopic (exact) mass is 291 g/mol. The molecule has 0 spiro atoms. The Morgan fingerprint density at radius 1 is 1.47 bits per heavy atom. The Morgan fingerprint density at radius 3 is 2.40 bits per heavy atom. The molecule has 15 heavy (non-hydrogen) atoms. The number of nitrogens with two attached hydrogens (primary N) is 1. The second-order valence-electron chi connectivity index (χ2n) is 2.64. The van der Waals surface area contributed by atoms with Crippen LogP contribution in [0.4, 0.5) is 5.69 Å². The molecule has 1 aromatic rings. The molecule has 0 aliphatic heterocycles. The van der Waals surface area contributed by atoms with Gasteiger partial charge in [0.2, 0.25) is 0 Å². The largest absolute Gasteiger partial charge is 0.376 e. The third-order valence-electron chi connectivity index (χ3n) is 1.61. The van der Waals surface area contributed by atoms with Crippen LogP contribution in [0.5, 0.6) is 0 Å². The van der Waals surface area contributed by atoms with E-state index in [2.05, 4.69) is 17.5 Å². The highest BCUT2D eigenvalue weighted by molar-refractivity contribution is 8.93. The Kier molecular flexibility index (Phi) is 5.80. The third-order valence-corrected chi connectivity index (χ3v) is 1.76. The molecule has 0 unspecified atom stereocenters. The Bertz CT molecular complexity index is 355. The van der Waals surface area contributed by atoms with Crippen molar-refractivity contribution in [2.24, 2.45) is 5.73 Å².